The van der Waals surface area contributed by atoms with E-state index in [1.54, 1.807) is 48.5 Å². The number of ether oxygens (including phenoxy) is 15. The number of carbonyl (C=O) groups is 5. The van der Waals surface area contributed by atoms with Gasteiger partial charge in [0, 0.05) is 66.9 Å². The Balaban J connectivity index is 0.854. The SMILES string of the molecule is CCC(=O)NCCCCCOC1OC(C(=O)O)C(OC2OC(CC)C(OC3OC(C(=O)O)C(OC4OC(CC)C(OC5OC(C(=O)O)C(OC6OC(CC)C(OC7OC(C(=O)O)C(OC8CC(CC)C(O)C(O)C8C)C(O)C7C)C(O)C6C)C(O)C5C)C(O)C4C)C(O)C3C)C(O)C2C)C(O)C1C. The highest BCUT2D eigenvalue weighted by molar-refractivity contribution is 5.76. The first-order valence-electron chi connectivity index (χ1n) is 36.7. The molecule has 0 aromatic carbocycles. The molecule has 8 rings (SSSR count). The molecule has 7 heterocycles. The van der Waals surface area contributed by atoms with Crippen molar-refractivity contribution in [2.45, 2.75) is 338 Å². The monoisotopic (exact) mass is 1490 g/mol. The summed E-state index contributed by atoms with van der Waals surface area (Å²) in [7, 11) is 0. The zero-order valence-corrected chi connectivity index (χ0v) is 60.9. The summed E-state index contributed by atoms with van der Waals surface area (Å²) in [4.78, 5) is 63.1. The van der Waals surface area contributed by atoms with Crippen LogP contribution < -0.4 is 5.32 Å². The fourth-order valence-corrected chi connectivity index (χ4v) is 15.3. The molecule has 594 valence electrons. The maximum absolute atomic E-state index is 13.1. The summed E-state index contributed by atoms with van der Waals surface area (Å²) >= 11 is 0. The predicted molar refractivity (Wildman–Crippen MR) is 349 cm³/mol. The second-order valence-electron chi connectivity index (χ2n) is 29.5. The van der Waals surface area contributed by atoms with E-state index in [1.165, 1.54) is 34.6 Å². The van der Waals surface area contributed by atoms with Crippen molar-refractivity contribution in [3.8, 4) is 0 Å². The fourth-order valence-electron chi connectivity index (χ4n) is 15.3. The van der Waals surface area contributed by atoms with Crippen molar-refractivity contribution in [1.29, 1.82) is 0 Å². The van der Waals surface area contributed by atoms with Gasteiger partial charge in [0.05, 0.1) is 79.4 Å². The maximum Gasteiger partial charge on any atom is 0.335 e. The Kier molecular flexibility index (Phi) is 30.7. The highest BCUT2D eigenvalue weighted by Crippen LogP contribution is 2.44. The third-order valence-corrected chi connectivity index (χ3v) is 22.5. The van der Waals surface area contributed by atoms with Gasteiger partial charge in [0.25, 0.3) is 0 Å². The molecule has 1 amide bonds. The van der Waals surface area contributed by atoms with Crippen LogP contribution in [0.1, 0.15) is 148 Å². The zero-order valence-electron chi connectivity index (χ0n) is 60.9. The number of carboxylic acid groups (broad SMARTS) is 4. The second kappa shape index (κ2) is 37.2. The van der Waals surface area contributed by atoms with Crippen molar-refractivity contribution in [2.24, 2.45) is 53.3 Å². The van der Waals surface area contributed by atoms with Crippen LogP contribution in [-0.2, 0) is 95.0 Å². The molecule has 7 saturated heterocycles. The van der Waals surface area contributed by atoms with Crippen LogP contribution in [0.2, 0.25) is 0 Å². The van der Waals surface area contributed by atoms with Gasteiger partial charge in [-0.25, -0.2) is 19.2 Å². The molecule has 0 spiro atoms. The van der Waals surface area contributed by atoms with E-state index in [0.717, 1.165) is 0 Å². The number of rotatable bonds is 30. The van der Waals surface area contributed by atoms with Crippen LogP contribution >= 0.6 is 0 Å². The van der Waals surface area contributed by atoms with Crippen LogP contribution in [-0.4, -0.2) is 300 Å². The molecule has 1 saturated carbocycles. The van der Waals surface area contributed by atoms with Gasteiger partial charge in [-0.3, -0.25) is 4.79 Å². The molecule has 0 aromatic heterocycles. The van der Waals surface area contributed by atoms with Gasteiger partial charge in [0.1, 0.15) is 42.7 Å². The van der Waals surface area contributed by atoms with Gasteiger partial charge in [-0.05, 0) is 50.9 Å². The fraction of sp³-hybridized carbons (Fsp3) is 0.928. The Morgan fingerprint density at radius 1 is 0.340 bits per heavy atom. The molecule has 8 fully saturated rings. The van der Waals surface area contributed by atoms with E-state index in [1.807, 2.05) is 6.92 Å². The summed E-state index contributed by atoms with van der Waals surface area (Å²) in [5.74, 6) is -14.1. The molecule has 34 heteroatoms. The molecule has 0 aromatic rings. The minimum Gasteiger partial charge on any atom is -0.479 e. The van der Waals surface area contributed by atoms with Gasteiger partial charge in [-0.15, -0.1) is 0 Å². The Morgan fingerprint density at radius 2 is 0.631 bits per heavy atom. The number of nitrogens with one attached hydrogen (secondary N) is 1. The lowest BCUT2D eigenvalue weighted by Crippen LogP contribution is -2.65. The summed E-state index contributed by atoms with van der Waals surface area (Å²) in [6.07, 6.45) is -40.4. The zero-order chi connectivity index (χ0) is 76.1. The van der Waals surface area contributed by atoms with Crippen molar-refractivity contribution >= 4 is 29.8 Å². The maximum atomic E-state index is 13.1. The Morgan fingerprint density at radius 3 is 0.942 bits per heavy atom. The standard InChI is InChI=1S/C69H115NO33/c1-14-33-24-37(25(6)39(72)47(33)80)90-51-44(77)30(11)67(101-55(51)59(81)82)94-48-34(15-2)92-65(28(9)41(48)74)98-53-46(79)32(13)69(103-57(53)61(85)86)96-50-36(17-4)93-66(29(10)42(50)75)99-54-45(78)31(12)68(102-58(54)62(87)88)95-49-35(16-3)91-64(27(8)40(49)73)97-52-43(76)26(7)63(100-56(52)60(83)84)89-23-21-19-20-22-70-38(71)18-5/h25-37,39-58,63-69,72-80H,14-24H2,1-13H3,(H,70,71)(H,81,82)(H,83,84)(H,85,86)(H,87,88). The number of aliphatic hydroxyl groups excluding tert-OH is 9. The van der Waals surface area contributed by atoms with E-state index in [9.17, 15) is 90.4 Å². The largest absolute Gasteiger partial charge is 0.479 e. The smallest absolute Gasteiger partial charge is 0.335 e. The van der Waals surface area contributed by atoms with Gasteiger partial charge in [0.2, 0.25) is 5.91 Å². The lowest BCUT2D eigenvalue weighted by atomic mass is 9.75. The van der Waals surface area contributed by atoms with Crippen molar-refractivity contribution in [2.75, 3.05) is 13.2 Å². The lowest BCUT2D eigenvalue weighted by molar-refractivity contribution is -0.378. The molecule has 8 aliphatic rings. The number of carboxylic acids is 4. The van der Waals surface area contributed by atoms with Gasteiger partial charge >= 0.3 is 23.9 Å². The number of hydrogen-bond donors (Lipinski definition) is 14. The number of hydrogen-bond acceptors (Lipinski definition) is 29. The van der Waals surface area contributed by atoms with Gasteiger partial charge in [0.15, 0.2) is 68.4 Å². The van der Waals surface area contributed by atoms with Gasteiger partial charge in [-0.2, -0.15) is 0 Å². The van der Waals surface area contributed by atoms with E-state index in [0.29, 0.717) is 38.6 Å². The molecular formula is C69H115NO33. The molecule has 0 radical (unpaired) electrons. The highest BCUT2D eigenvalue weighted by atomic mass is 16.8. The van der Waals surface area contributed by atoms with Crippen LogP contribution in [0.5, 0.6) is 0 Å². The van der Waals surface area contributed by atoms with Crippen molar-refractivity contribution in [1.82, 2.24) is 5.32 Å². The molecule has 0 bridgehead atoms. The number of unbranched alkanes of at least 4 members (excludes halogenated alkanes) is 2. The third kappa shape index (κ3) is 18.8. The quantitative estimate of drug-likeness (QED) is 0.0426. The number of aliphatic hydroxyl groups is 9. The molecule has 103 heavy (non-hydrogen) atoms. The Labute approximate surface area is 599 Å². The lowest BCUT2D eigenvalue weighted by Gasteiger charge is -2.51. The number of carbonyl (C=O) groups excluding carboxylic acids is 1. The van der Waals surface area contributed by atoms with E-state index >= 15 is 0 Å². The normalized spacial score (nSPS) is 47.7. The van der Waals surface area contributed by atoms with E-state index < -0.39 is 262 Å². The van der Waals surface area contributed by atoms with Crippen LogP contribution in [0.3, 0.4) is 0 Å². The van der Waals surface area contributed by atoms with Gasteiger partial charge < -0.3 is 143 Å². The molecule has 7 aliphatic heterocycles. The molecular weight excluding hydrogens is 1370 g/mol. The van der Waals surface area contributed by atoms with Crippen LogP contribution in [0.25, 0.3) is 0 Å². The predicted octanol–water partition coefficient (Wildman–Crippen LogP) is 0.174. The summed E-state index contributed by atoms with van der Waals surface area (Å²) < 4.78 is 92.7. The summed E-state index contributed by atoms with van der Waals surface area (Å²) in [5.41, 5.74) is 0. The first-order chi connectivity index (χ1) is 48.7. The van der Waals surface area contributed by atoms with Crippen molar-refractivity contribution in [3.05, 3.63) is 0 Å². The Hall–Kier alpha value is -3.61. The molecule has 14 N–H and O–H groups in total. The average Bonchev–Trinajstić information content (AvgIpc) is 0.774. The average molecular weight is 1490 g/mol. The molecule has 40 unspecified atom stereocenters. The summed E-state index contributed by atoms with van der Waals surface area (Å²) in [5, 5.41) is 149. The minimum atomic E-state index is -1.95. The summed E-state index contributed by atoms with van der Waals surface area (Å²) in [6, 6.07) is 0. The van der Waals surface area contributed by atoms with Crippen LogP contribution in [0, 0.1) is 53.3 Å². The first kappa shape index (κ1) is 85.0. The molecule has 40 atom stereocenters. The van der Waals surface area contributed by atoms with Crippen molar-refractivity contribution in [3.63, 3.8) is 0 Å². The third-order valence-electron chi connectivity index (χ3n) is 22.5. The number of aliphatic carboxylic acids is 4. The van der Waals surface area contributed by atoms with E-state index in [2.05, 4.69) is 5.32 Å². The second-order valence-corrected chi connectivity index (χ2v) is 29.5. The first-order valence-corrected chi connectivity index (χ1v) is 36.7. The van der Waals surface area contributed by atoms with Crippen LogP contribution in [0.15, 0.2) is 0 Å². The molecule has 34 nitrogen and oxygen atoms in total. The number of amides is 1. The van der Waals surface area contributed by atoms with E-state index in [4.69, 9.17) is 71.1 Å². The minimum absolute atomic E-state index is 0.0569. The van der Waals surface area contributed by atoms with Gasteiger partial charge in [-0.1, -0.05) is 96.4 Å². The highest BCUT2D eigenvalue weighted by Gasteiger charge is 2.60. The molecule has 1 aliphatic carbocycles. The van der Waals surface area contributed by atoms with Crippen LogP contribution in [0.4, 0.5) is 0 Å². The van der Waals surface area contributed by atoms with E-state index in [-0.39, 0.29) is 44.1 Å². The van der Waals surface area contributed by atoms with Crippen molar-refractivity contribution < 1.29 is 161 Å². The topological polar surface area (TPSA) is 499 Å². The summed E-state index contributed by atoms with van der Waals surface area (Å²) in [6.45, 7) is 21.7. The Bertz CT molecular complexity index is 2720.